The molecule has 1 fully saturated rings. The van der Waals surface area contributed by atoms with E-state index < -0.39 is 0 Å². The Labute approximate surface area is 75.6 Å². The van der Waals surface area contributed by atoms with Crippen molar-refractivity contribution >= 4 is 5.71 Å². The number of rotatable bonds is 3. The van der Waals surface area contributed by atoms with Crippen molar-refractivity contribution in [1.82, 2.24) is 0 Å². The molecule has 0 heterocycles. The van der Waals surface area contributed by atoms with Gasteiger partial charge in [0.25, 0.3) is 0 Å². The van der Waals surface area contributed by atoms with E-state index in [0.717, 1.165) is 11.6 Å². The van der Waals surface area contributed by atoms with Crippen LogP contribution in [0.1, 0.15) is 33.6 Å². The molecule has 1 aliphatic rings. The second-order valence-corrected chi connectivity index (χ2v) is 3.94. The number of nitrogens with zero attached hydrogens (tertiary/aromatic N) is 1. The Morgan fingerprint density at radius 2 is 2.00 bits per heavy atom. The summed E-state index contributed by atoms with van der Waals surface area (Å²) in [7, 11) is 1.86. The maximum Gasteiger partial charge on any atom is 0.0313 e. The SMILES string of the molecule is CN=C(C)/C=C(/C(C)C)C1CC1. The van der Waals surface area contributed by atoms with Crippen molar-refractivity contribution in [3.05, 3.63) is 11.6 Å². The van der Waals surface area contributed by atoms with Gasteiger partial charge < -0.3 is 0 Å². The third-order valence-electron chi connectivity index (χ3n) is 2.44. The molecule has 68 valence electrons. The van der Waals surface area contributed by atoms with E-state index in [1.165, 1.54) is 12.8 Å². The molecule has 1 nitrogen and oxygen atoms in total. The maximum absolute atomic E-state index is 4.16. The number of allylic oxidation sites excluding steroid dienone is 2. The van der Waals surface area contributed by atoms with E-state index in [0.29, 0.717) is 5.92 Å². The fraction of sp³-hybridized carbons (Fsp3) is 0.727. The number of aliphatic imine (C=N–C) groups is 1. The second kappa shape index (κ2) is 3.88. The highest BCUT2D eigenvalue weighted by Crippen LogP contribution is 2.39. The predicted molar refractivity (Wildman–Crippen MR) is 54.7 cm³/mol. The Balaban J connectivity index is 2.70. The molecule has 0 aliphatic heterocycles. The lowest BCUT2D eigenvalue weighted by Gasteiger charge is -2.09. The highest BCUT2D eigenvalue weighted by Gasteiger charge is 2.27. The summed E-state index contributed by atoms with van der Waals surface area (Å²) < 4.78 is 0. The van der Waals surface area contributed by atoms with Crippen molar-refractivity contribution in [2.75, 3.05) is 7.05 Å². The van der Waals surface area contributed by atoms with Crippen LogP contribution in [0.25, 0.3) is 0 Å². The van der Waals surface area contributed by atoms with Crippen LogP contribution in [0.5, 0.6) is 0 Å². The van der Waals surface area contributed by atoms with Crippen molar-refractivity contribution in [2.24, 2.45) is 16.8 Å². The van der Waals surface area contributed by atoms with Gasteiger partial charge in [0, 0.05) is 12.8 Å². The van der Waals surface area contributed by atoms with Crippen LogP contribution in [0, 0.1) is 11.8 Å². The number of hydrogen-bond donors (Lipinski definition) is 0. The van der Waals surface area contributed by atoms with Crippen LogP contribution < -0.4 is 0 Å². The van der Waals surface area contributed by atoms with Crippen molar-refractivity contribution in [3.63, 3.8) is 0 Å². The monoisotopic (exact) mass is 165 g/mol. The fourth-order valence-corrected chi connectivity index (χ4v) is 1.48. The predicted octanol–water partition coefficient (Wildman–Crippen LogP) is 3.07. The molecule has 0 radical (unpaired) electrons. The van der Waals surface area contributed by atoms with Crippen LogP contribution in [0.4, 0.5) is 0 Å². The zero-order chi connectivity index (χ0) is 9.14. The van der Waals surface area contributed by atoms with Crippen LogP contribution in [-0.2, 0) is 0 Å². The molecule has 1 aliphatic carbocycles. The lowest BCUT2D eigenvalue weighted by Crippen LogP contribution is -1.99. The zero-order valence-electron chi connectivity index (χ0n) is 8.59. The molecule has 0 unspecified atom stereocenters. The molecule has 1 rings (SSSR count). The molecule has 12 heavy (non-hydrogen) atoms. The summed E-state index contributed by atoms with van der Waals surface area (Å²) in [5.41, 5.74) is 2.75. The number of hydrogen-bond acceptors (Lipinski definition) is 1. The summed E-state index contributed by atoms with van der Waals surface area (Å²) in [6.45, 7) is 6.62. The summed E-state index contributed by atoms with van der Waals surface area (Å²) in [6, 6.07) is 0. The molecule has 0 spiro atoms. The molecule has 0 atom stereocenters. The van der Waals surface area contributed by atoms with Crippen LogP contribution in [-0.4, -0.2) is 12.8 Å². The average Bonchev–Trinajstić information content (AvgIpc) is 2.81. The van der Waals surface area contributed by atoms with Gasteiger partial charge in [-0.15, -0.1) is 0 Å². The van der Waals surface area contributed by atoms with Crippen LogP contribution in [0.2, 0.25) is 0 Å². The molecule has 0 aromatic heterocycles. The fourth-order valence-electron chi connectivity index (χ4n) is 1.48. The Bertz CT molecular complexity index is 203. The van der Waals surface area contributed by atoms with Gasteiger partial charge in [-0.25, -0.2) is 0 Å². The van der Waals surface area contributed by atoms with Gasteiger partial charge in [0.2, 0.25) is 0 Å². The lowest BCUT2D eigenvalue weighted by atomic mass is 9.97. The largest absolute Gasteiger partial charge is 0.293 e. The highest BCUT2D eigenvalue weighted by molar-refractivity contribution is 5.93. The first-order valence-electron chi connectivity index (χ1n) is 4.80. The van der Waals surface area contributed by atoms with Gasteiger partial charge in [0.15, 0.2) is 0 Å². The van der Waals surface area contributed by atoms with Gasteiger partial charge in [-0.05, 0) is 37.7 Å². The third-order valence-corrected chi connectivity index (χ3v) is 2.44. The maximum atomic E-state index is 4.16. The quantitative estimate of drug-likeness (QED) is 0.570. The van der Waals surface area contributed by atoms with Crippen molar-refractivity contribution in [3.8, 4) is 0 Å². The first-order chi connectivity index (χ1) is 5.65. The third kappa shape index (κ3) is 2.47. The van der Waals surface area contributed by atoms with Gasteiger partial charge >= 0.3 is 0 Å². The summed E-state index contributed by atoms with van der Waals surface area (Å²) in [6.07, 6.45) is 5.05. The Kier molecular flexibility index (Phi) is 3.07. The molecule has 0 aromatic carbocycles. The van der Waals surface area contributed by atoms with E-state index in [1.54, 1.807) is 5.57 Å². The molecule has 0 saturated heterocycles. The van der Waals surface area contributed by atoms with Crippen molar-refractivity contribution < 1.29 is 0 Å². The molecular weight excluding hydrogens is 146 g/mol. The van der Waals surface area contributed by atoms with Gasteiger partial charge in [-0.2, -0.15) is 0 Å². The first kappa shape index (κ1) is 9.50. The van der Waals surface area contributed by atoms with E-state index in [-0.39, 0.29) is 0 Å². The van der Waals surface area contributed by atoms with Gasteiger partial charge in [0.05, 0.1) is 0 Å². The summed E-state index contributed by atoms with van der Waals surface area (Å²) in [5.74, 6) is 1.57. The first-order valence-corrected chi connectivity index (χ1v) is 4.80. The van der Waals surface area contributed by atoms with Crippen molar-refractivity contribution in [2.45, 2.75) is 33.6 Å². The molecular formula is C11H19N. The standard InChI is InChI=1S/C11H19N/c1-8(2)11(10-5-6-10)7-9(3)12-4/h7-8,10H,5-6H2,1-4H3/b11-7-,12-9?. The molecule has 0 aromatic rings. The minimum Gasteiger partial charge on any atom is -0.293 e. The second-order valence-electron chi connectivity index (χ2n) is 3.94. The van der Waals surface area contributed by atoms with E-state index in [9.17, 15) is 0 Å². The summed E-state index contributed by atoms with van der Waals surface area (Å²) in [4.78, 5) is 4.16. The minimum atomic E-state index is 0.689. The summed E-state index contributed by atoms with van der Waals surface area (Å²) in [5, 5.41) is 0. The lowest BCUT2D eigenvalue weighted by molar-refractivity contribution is 0.706. The Morgan fingerprint density at radius 1 is 1.42 bits per heavy atom. The molecule has 1 saturated carbocycles. The van der Waals surface area contributed by atoms with E-state index in [1.807, 2.05) is 7.05 Å². The highest BCUT2D eigenvalue weighted by atomic mass is 14.7. The van der Waals surface area contributed by atoms with Crippen molar-refractivity contribution in [1.29, 1.82) is 0 Å². The normalized spacial score (nSPS) is 20.4. The average molecular weight is 165 g/mol. The topological polar surface area (TPSA) is 12.4 Å². The smallest absolute Gasteiger partial charge is 0.0313 e. The Hall–Kier alpha value is -0.590. The van der Waals surface area contributed by atoms with E-state index in [2.05, 4.69) is 31.8 Å². The van der Waals surface area contributed by atoms with E-state index >= 15 is 0 Å². The molecule has 0 N–H and O–H groups in total. The van der Waals surface area contributed by atoms with Crippen LogP contribution in [0.3, 0.4) is 0 Å². The summed E-state index contributed by atoms with van der Waals surface area (Å²) >= 11 is 0. The zero-order valence-corrected chi connectivity index (χ0v) is 8.59. The minimum absolute atomic E-state index is 0.689. The van der Waals surface area contributed by atoms with Crippen LogP contribution in [0.15, 0.2) is 16.6 Å². The molecule has 1 heteroatoms. The van der Waals surface area contributed by atoms with Gasteiger partial charge in [-0.3, -0.25) is 4.99 Å². The van der Waals surface area contributed by atoms with E-state index in [4.69, 9.17) is 0 Å². The Morgan fingerprint density at radius 3 is 2.33 bits per heavy atom. The van der Waals surface area contributed by atoms with Gasteiger partial charge in [-0.1, -0.05) is 19.4 Å². The molecule has 0 amide bonds. The molecule has 0 bridgehead atoms. The van der Waals surface area contributed by atoms with Crippen LogP contribution >= 0.6 is 0 Å². The van der Waals surface area contributed by atoms with Gasteiger partial charge in [0.1, 0.15) is 0 Å².